The Morgan fingerprint density at radius 2 is 2.33 bits per heavy atom. The standard InChI is InChI=1S/C8H11NO3/c1-8(9(11)12)5-3-2-4-7(8)6-10/h2-5,7,10H,6H2,1H3/t7-,8-/m1/s1. The third-order valence-corrected chi connectivity index (χ3v) is 2.23. The summed E-state index contributed by atoms with van der Waals surface area (Å²) in [5, 5.41) is 19.5. The molecule has 0 fully saturated rings. The zero-order chi connectivity index (χ0) is 9.19. The minimum Gasteiger partial charge on any atom is -0.395 e. The molecule has 0 radical (unpaired) electrons. The van der Waals surface area contributed by atoms with Crippen LogP contribution in [0, 0.1) is 16.0 Å². The first-order valence-electron chi connectivity index (χ1n) is 3.72. The minimum absolute atomic E-state index is 0.196. The van der Waals surface area contributed by atoms with Gasteiger partial charge in [-0.05, 0) is 6.08 Å². The summed E-state index contributed by atoms with van der Waals surface area (Å²) in [5.41, 5.74) is -1.15. The van der Waals surface area contributed by atoms with Crippen LogP contribution in [0.5, 0.6) is 0 Å². The minimum atomic E-state index is -1.15. The average molecular weight is 169 g/mol. The van der Waals surface area contributed by atoms with Crippen LogP contribution in [-0.2, 0) is 0 Å². The lowest BCUT2D eigenvalue weighted by Crippen LogP contribution is -2.42. The van der Waals surface area contributed by atoms with Gasteiger partial charge in [-0.1, -0.05) is 18.2 Å². The SMILES string of the molecule is C[C@@]1([N+](=O)[O-])C=CC=C[C@@H]1CO. The highest BCUT2D eigenvalue weighted by atomic mass is 16.6. The van der Waals surface area contributed by atoms with Gasteiger partial charge < -0.3 is 5.11 Å². The van der Waals surface area contributed by atoms with Crippen molar-refractivity contribution in [2.45, 2.75) is 12.5 Å². The second-order valence-corrected chi connectivity index (χ2v) is 3.02. The molecule has 2 atom stereocenters. The van der Waals surface area contributed by atoms with Gasteiger partial charge in [-0.2, -0.15) is 0 Å². The molecule has 1 aliphatic carbocycles. The number of rotatable bonds is 2. The highest BCUT2D eigenvalue weighted by Crippen LogP contribution is 2.26. The Morgan fingerprint density at radius 1 is 1.67 bits per heavy atom. The molecule has 0 amide bonds. The van der Waals surface area contributed by atoms with Gasteiger partial charge in [0.15, 0.2) is 0 Å². The van der Waals surface area contributed by atoms with Crippen LogP contribution >= 0.6 is 0 Å². The summed E-state index contributed by atoms with van der Waals surface area (Å²) in [4.78, 5) is 10.3. The van der Waals surface area contributed by atoms with E-state index in [2.05, 4.69) is 0 Å². The molecule has 0 aromatic rings. The zero-order valence-electron chi connectivity index (χ0n) is 6.80. The number of nitrogens with zero attached hydrogens (tertiary/aromatic N) is 1. The molecule has 4 heteroatoms. The van der Waals surface area contributed by atoms with Crippen LogP contribution in [0.3, 0.4) is 0 Å². The first-order chi connectivity index (χ1) is 5.61. The number of nitro groups is 1. The van der Waals surface area contributed by atoms with Gasteiger partial charge in [0, 0.05) is 11.8 Å². The Hall–Kier alpha value is -1.16. The molecule has 0 aliphatic heterocycles. The van der Waals surface area contributed by atoms with E-state index in [1.165, 1.54) is 13.0 Å². The van der Waals surface area contributed by atoms with E-state index in [-0.39, 0.29) is 11.5 Å². The summed E-state index contributed by atoms with van der Waals surface area (Å²) in [6.07, 6.45) is 6.51. The first kappa shape index (κ1) is 8.93. The van der Waals surface area contributed by atoms with E-state index in [1.54, 1.807) is 18.2 Å². The number of aliphatic hydroxyl groups excluding tert-OH is 1. The molecule has 4 nitrogen and oxygen atoms in total. The maximum Gasteiger partial charge on any atom is 0.246 e. The van der Waals surface area contributed by atoms with Gasteiger partial charge in [-0.3, -0.25) is 10.1 Å². The predicted octanol–water partition coefficient (Wildman–Crippen LogP) is 0.756. The van der Waals surface area contributed by atoms with Crippen molar-refractivity contribution in [1.29, 1.82) is 0 Å². The van der Waals surface area contributed by atoms with Gasteiger partial charge in [0.05, 0.1) is 12.5 Å². The van der Waals surface area contributed by atoms with Crippen molar-refractivity contribution in [2.24, 2.45) is 5.92 Å². The molecule has 1 aliphatic rings. The Labute approximate surface area is 70.4 Å². The molecule has 1 rings (SSSR count). The second kappa shape index (κ2) is 3.06. The van der Waals surface area contributed by atoms with Gasteiger partial charge in [0.2, 0.25) is 5.54 Å². The van der Waals surface area contributed by atoms with Crippen LogP contribution in [0.15, 0.2) is 24.3 Å². The van der Waals surface area contributed by atoms with E-state index in [1.807, 2.05) is 0 Å². The highest BCUT2D eigenvalue weighted by molar-refractivity contribution is 5.20. The van der Waals surface area contributed by atoms with E-state index in [0.717, 1.165) is 0 Å². The lowest BCUT2D eigenvalue weighted by atomic mass is 9.83. The molecule has 0 heterocycles. The van der Waals surface area contributed by atoms with Gasteiger partial charge >= 0.3 is 0 Å². The van der Waals surface area contributed by atoms with Gasteiger partial charge in [0.25, 0.3) is 0 Å². The lowest BCUT2D eigenvalue weighted by molar-refractivity contribution is -0.559. The Bertz CT molecular complexity index is 247. The molecule has 66 valence electrons. The number of allylic oxidation sites excluding steroid dienone is 2. The topological polar surface area (TPSA) is 63.4 Å². The summed E-state index contributed by atoms with van der Waals surface area (Å²) in [5.74, 6) is -0.419. The van der Waals surface area contributed by atoms with E-state index >= 15 is 0 Å². The molecule has 12 heavy (non-hydrogen) atoms. The summed E-state index contributed by atoms with van der Waals surface area (Å²) in [6, 6.07) is 0. The zero-order valence-corrected chi connectivity index (χ0v) is 6.80. The predicted molar refractivity (Wildman–Crippen MR) is 44.3 cm³/mol. The van der Waals surface area contributed by atoms with Gasteiger partial charge in [-0.15, -0.1) is 0 Å². The third kappa shape index (κ3) is 1.25. The van der Waals surface area contributed by atoms with Crippen LogP contribution in [0.1, 0.15) is 6.92 Å². The fraction of sp³-hybridized carbons (Fsp3) is 0.500. The molecular weight excluding hydrogens is 158 g/mol. The van der Waals surface area contributed by atoms with Crippen molar-refractivity contribution in [3.05, 3.63) is 34.4 Å². The lowest BCUT2D eigenvalue weighted by Gasteiger charge is -2.25. The van der Waals surface area contributed by atoms with E-state index in [0.29, 0.717) is 0 Å². The summed E-state index contributed by atoms with van der Waals surface area (Å²) >= 11 is 0. The van der Waals surface area contributed by atoms with Gasteiger partial charge in [-0.25, -0.2) is 0 Å². The van der Waals surface area contributed by atoms with Crippen molar-refractivity contribution >= 4 is 0 Å². The van der Waals surface area contributed by atoms with Crippen molar-refractivity contribution in [3.63, 3.8) is 0 Å². The van der Waals surface area contributed by atoms with Crippen LogP contribution in [0.2, 0.25) is 0 Å². The molecular formula is C8H11NO3. The van der Waals surface area contributed by atoms with E-state index in [9.17, 15) is 10.1 Å². The van der Waals surface area contributed by atoms with Crippen LogP contribution in [0.25, 0.3) is 0 Å². The van der Waals surface area contributed by atoms with Crippen molar-refractivity contribution in [3.8, 4) is 0 Å². The Morgan fingerprint density at radius 3 is 2.75 bits per heavy atom. The number of hydrogen-bond acceptors (Lipinski definition) is 3. The number of aliphatic hydroxyl groups is 1. The second-order valence-electron chi connectivity index (χ2n) is 3.02. The van der Waals surface area contributed by atoms with E-state index < -0.39 is 11.5 Å². The molecule has 1 N–H and O–H groups in total. The smallest absolute Gasteiger partial charge is 0.246 e. The largest absolute Gasteiger partial charge is 0.395 e. The summed E-state index contributed by atoms with van der Waals surface area (Å²) in [7, 11) is 0. The average Bonchev–Trinajstić information content (AvgIpc) is 2.05. The molecule has 0 unspecified atom stereocenters. The molecule has 0 aromatic heterocycles. The maximum atomic E-state index is 10.7. The first-order valence-corrected chi connectivity index (χ1v) is 3.72. The summed E-state index contributed by atoms with van der Waals surface area (Å²) in [6.45, 7) is 1.31. The molecule has 0 bridgehead atoms. The number of hydrogen-bond donors (Lipinski definition) is 1. The maximum absolute atomic E-state index is 10.7. The Balaban J connectivity index is 2.94. The molecule has 0 saturated heterocycles. The summed E-state index contributed by atoms with van der Waals surface area (Å²) < 4.78 is 0. The molecule has 0 aromatic carbocycles. The molecule has 0 saturated carbocycles. The third-order valence-electron chi connectivity index (χ3n) is 2.23. The monoisotopic (exact) mass is 169 g/mol. The van der Waals surface area contributed by atoms with Crippen LogP contribution < -0.4 is 0 Å². The Kier molecular flexibility index (Phi) is 2.28. The quantitative estimate of drug-likeness (QED) is 0.490. The van der Waals surface area contributed by atoms with Crippen LogP contribution in [0.4, 0.5) is 0 Å². The fourth-order valence-electron chi connectivity index (χ4n) is 1.21. The highest BCUT2D eigenvalue weighted by Gasteiger charge is 2.42. The fourth-order valence-corrected chi connectivity index (χ4v) is 1.21. The van der Waals surface area contributed by atoms with E-state index in [4.69, 9.17) is 5.11 Å². The van der Waals surface area contributed by atoms with Crippen molar-refractivity contribution < 1.29 is 10.0 Å². The molecule has 0 spiro atoms. The van der Waals surface area contributed by atoms with Crippen molar-refractivity contribution in [2.75, 3.05) is 6.61 Å². The normalized spacial score (nSPS) is 33.7. The van der Waals surface area contributed by atoms with Gasteiger partial charge in [0.1, 0.15) is 0 Å². The van der Waals surface area contributed by atoms with Crippen molar-refractivity contribution in [1.82, 2.24) is 0 Å². The van der Waals surface area contributed by atoms with Crippen LogP contribution in [-0.4, -0.2) is 22.2 Å².